The van der Waals surface area contributed by atoms with Crippen LogP contribution in [-0.4, -0.2) is 25.5 Å². The molecule has 0 saturated heterocycles. The van der Waals surface area contributed by atoms with Crippen LogP contribution in [0.4, 0.5) is 0 Å². The Morgan fingerprint density at radius 2 is 1.68 bits per heavy atom. The van der Waals surface area contributed by atoms with E-state index in [1.54, 1.807) is 0 Å². The Balaban J connectivity index is 2.10. The smallest absolute Gasteiger partial charge is 0.00101 e. The van der Waals surface area contributed by atoms with E-state index in [4.69, 9.17) is 0 Å². The molecule has 114 valence electrons. The summed E-state index contributed by atoms with van der Waals surface area (Å²) in [4.78, 5) is 2.25. The van der Waals surface area contributed by atoms with E-state index in [9.17, 15) is 0 Å². The van der Waals surface area contributed by atoms with Crippen molar-refractivity contribution in [2.45, 2.75) is 26.2 Å². The number of benzene rings is 2. The zero-order valence-corrected chi connectivity index (χ0v) is 13.9. The monoisotopic (exact) mass is 291 g/mol. The van der Waals surface area contributed by atoms with Crippen molar-refractivity contribution in [3.05, 3.63) is 76.4 Å². The molecule has 0 amide bonds. The van der Waals surface area contributed by atoms with Crippen LogP contribution < -0.4 is 0 Å². The molecule has 0 aromatic heterocycles. The second kappa shape index (κ2) is 6.50. The summed E-state index contributed by atoms with van der Waals surface area (Å²) >= 11 is 0. The quantitative estimate of drug-likeness (QED) is 0.806. The fourth-order valence-corrected chi connectivity index (χ4v) is 3.26. The minimum Gasteiger partial charge on any atom is -0.309 e. The van der Waals surface area contributed by atoms with Gasteiger partial charge in [0.25, 0.3) is 0 Å². The minimum absolute atomic E-state index is 1.09. The molecule has 0 fully saturated rings. The first kappa shape index (κ1) is 15.1. The van der Waals surface area contributed by atoms with E-state index in [0.29, 0.717) is 0 Å². The average molecular weight is 291 g/mol. The maximum absolute atomic E-state index is 2.43. The summed E-state index contributed by atoms with van der Waals surface area (Å²) in [6, 6.07) is 15.8. The number of aryl methyl sites for hydroxylation is 3. The highest BCUT2D eigenvalue weighted by molar-refractivity contribution is 5.84. The van der Waals surface area contributed by atoms with Crippen molar-refractivity contribution in [1.29, 1.82) is 0 Å². The lowest BCUT2D eigenvalue weighted by Gasteiger charge is -2.14. The first-order valence-electron chi connectivity index (χ1n) is 8.18. The van der Waals surface area contributed by atoms with Crippen LogP contribution in [0.5, 0.6) is 0 Å². The lowest BCUT2D eigenvalue weighted by atomic mass is 9.92. The maximum atomic E-state index is 2.43. The summed E-state index contributed by atoms with van der Waals surface area (Å²) in [6.07, 6.45) is 5.79. The molecule has 0 aliphatic heterocycles. The number of nitrogens with zero attached hydrogens (tertiary/aromatic N) is 1. The molecular formula is C21H25N. The Bertz CT molecular complexity index is 695. The highest BCUT2D eigenvalue weighted by Crippen LogP contribution is 2.34. The molecule has 0 unspecified atom stereocenters. The van der Waals surface area contributed by atoms with Crippen LogP contribution in [0.15, 0.2) is 48.5 Å². The topological polar surface area (TPSA) is 3.24 Å². The third kappa shape index (κ3) is 3.15. The van der Waals surface area contributed by atoms with E-state index in [0.717, 1.165) is 25.8 Å². The first-order chi connectivity index (χ1) is 10.6. The average Bonchev–Trinajstić information content (AvgIpc) is 2.65. The molecule has 1 nitrogen and oxygen atoms in total. The number of hydrogen-bond donors (Lipinski definition) is 0. The van der Waals surface area contributed by atoms with Gasteiger partial charge in [0, 0.05) is 6.54 Å². The third-order valence-corrected chi connectivity index (χ3v) is 4.45. The van der Waals surface area contributed by atoms with Gasteiger partial charge in [0.2, 0.25) is 0 Å². The summed E-state index contributed by atoms with van der Waals surface area (Å²) in [5.74, 6) is 0. The zero-order chi connectivity index (χ0) is 15.5. The molecule has 0 saturated carbocycles. The highest BCUT2D eigenvalue weighted by atomic mass is 15.0. The van der Waals surface area contributed by atoms with Gasteiger partial charge in [0.15, 0.2) is 0 Å². The van der Waals surface area contributed by atoms with E-state index < -0.39 is 0 Å². The van der Waals surface area contributed by atoms with E-state index >= 15 is 0 Å². The van der Waals surface area contributed by atoms with Gasteiger partial charge in [-0.1, -0.05) is 54.1 Å². The summed E-state index contributed by atoms with van der Waals surface area (Å²) in [5, 5.41) is 0. The summed E-state index contributed by atoms with van der Waals surface area (Å²) < 4.78 is 0. The molecule has 2 aromatic rings. The summed E-state index contributed by atoms with van der Waals surface area (Å²) in [5.41, 5.74) is 8.59. The summed E-state index contributed by atoms with van der Waals surface area (Å²) in [7, 11) is 4.27. The fraction of sp³-hybridized carbons (Fsp3) is 0.333. The molecule has 22 heavy (non-hydrogen) atoms. The van der Waals surface area contributed by atoms with E-state index in [1.165, 1.54) is 33.4 Å². The number of hydrogen-bond acceptors (Lipinski definition) is 1. The van der Waals surface area contributed by atoms with Gasteiger partial charge in [-0.3, -0.25) is 0 Å². The van der Waals surface area contributed by atoms with Gasteiger partial charge in [-0.25, -0.2) is 0 Å². The lowest BCUT2D eigenvalue weighted by Crippen LogP contribution is -2.12. The Morgan fingerprint density at radius 3 is 2.45 bits per heavy atom. The Kier molecular flexibility index (Phi) is 4.44. The minimum atomic E-state index is 1.09. The molecule has 0 radical (unpaired) electrons. The fourth-order valence-electron chi connectivity index (χ4n) is 3.26. The Labute approximate surface area is 134 Å². The molecule has 1 aliphatic carbocycles. The van der Waals surface area contributed by atoms with E-state index in [2.05, 4.69) is 74.5 Å². The van der Waals surface area contributed by atoms with Crippen molar-refractivity contribution in [1.82, 2.24) is 4.90 Å². The second-order valence-corrected chi connectivity index (χ2v) is 6.53. The van der Waals surface area contributed by atoms with Gasteiger partial charge < -0.3 is 4.90 Å². The highest BCUT2D eigenvalue weighted by Gasteiger charge is 2.17. The van der Waals surface area contributed by atoms with Crippen molar-refractivity contribution >= 4 is 5.57 Å². The van der Waals surface area contributed by atoms with Crippen LogP contribution in [0.25, 0.3) is 5.57 Å². The Morgan fingerprint density at radius 1 is 0.955 bits per heavy atom. The van der Waals surface area contributed by atoms with Gasteiger partial charge >= 0.3 is 0 Å². The molecule has 0 atom stereocenters. The van der Waals surface area contributed by atoms with Gasteiger partial charge in [-0.15, -0.1) is 0 Å². The molecule has 0 bridgehead atoms. The SMILES string of the molecule is Cc1ccc2c(c1)/C(=C\CCN(C)C)c1ccccc1CC2. The second-order valence-electron chi connectivity index (χ2n) is 6.53. The number of rotatable bonds is 3. The number of fused-ring (bicyclic) bond motifs is 2. The van der Waals surface area contributed by atoms with Crippen LogP contribution in [0, 0.1) is 6.92 Å². The molecule has 3 rings (SSSR count). The van der Waals surface area contributed by atoms with Gasteiger partial charge in [-0.2, -0.15) is 0 Å². The summed E-state index contributed by atoms with van der Waals surface area (Å²) in [6.45, 7) is 3.28. The predicted octanol–water partition coefficient (Wildman–Crippen LogP) is 4.48. The lowest BCUT2D eigenvalue weighted by molar-refractivity contribution is 0.417. The third-order valence-electron chi connectivity index (χ3n) is 4.45. The molecule has 1 aliphatic rings. The van der Waals surface area contributed by atoms with Crippen molar-refractivity contribution in [3.8, 4) is 0 Å². The van der Waals surface area contributed by atoms with Crippen LogP contribution in [-0.2, 0) is 12.8 Å². The molecule has 0 heterocycles. The normalized spacial score (nSPS) is 15.5. The van der Waals surface area contributed by atoms with Crippen molar-refractivity contribution in [3.63, 3.8) is 0 Å². The van der Waals surface area contributed by atoms with Gasteiger partial charge in [0.05, 0.1) is 0 Å². The molecule has 2 aromatic carbocycles. The Hall–Kier alpha value is -1.86. The van der Waals surface area contributed by atoms with E-state index in [1.807, 2.05) is 0 Å². The van der Waals surface area contributed by atoms with Crippen LogP contribution in [0.1, 0.15) is 34.2 Å². The molecule has 0 N–H and O–H groups in total. The van der Waals surface area contributed by atoms with Gasteiger partial charge in [0.1, 0.15) is 0 Å². The molecule has 0 spiro atoms. The van der Waals surface area contributed by atoms with Crippen LogP contribution >= 0.6 is 0 Å². The maximum Gasteiger partial charge on any atom is 0.00101 e. The van der Waals surface area contributed by atoms with Crippen LogP contribution in [0.3, 0.4) is 0 Å². The van der Waals surface area contributed by atoms with Gasteiger partial charge in [-0.05, 0) is 68.1 Å². The largest absolute Gasteiger partial charge is 0.309 e. The standard InChI is InChI=1S/C21H25N/c1-16-10-11-18-13-12-17-7-4-5-8-19(17)20(21(18)15-16)9-6-14-22(2)3/h4-5,7-11,15H,6,12-14H2,1-3H3/b20-9-. The van der Waals surface area contributed by atoms with Crippen molar-refractivity contribution in [2.75, 3.05) is 20.6 Å². The molecular weight excluding hydrogens is 266 g/mol. The van der Waals surface area contributed by atoms with Crippen LogP contribution in [0.2, 0.25) is 0 Å². The predicted molar refractivity (Wildman–Crippen MR) is 95.3 cm³/mol. The van der Waals surface area contributed by atoms with E-state index in [-0.39, 0.29) is 0 Å². The first-order valence-corrected chi connectivity index (χ1v) is 8.18. The molecule has 1 heteroatoms. The van der Waals surface area contributed by atoms with Crippen molar-refractivity contribution in [2.24, 2.45) is 0 Å². The zero-order valence-electron chi connectivity index (χ0n) is 13.9. The van der Waals surface area contributed by atoms with Crippen molar-refractivity contribution < 1.29 is 0 Å².